The number of hydrogen-bond acceptors (Lipinski definition) is 4. The zero-order valence-electron chi connectivity index (χ0n) is 15.5. The number of hydrogen-bond donors (Lipinski definition) is 2. The molecule has 1 heterocycles. The monoisotopic (exact) mass is 413 g/mol. The van der Waals surface area contributed by atoms with Gasteiger partial charge in [-0.15, -0.1) is 0 Å². The number of alkyl halides is 3. The minimum Gasteiger partial charge on any atom is -0.478 e. The van der Waals surface area contributed by atoms with E-state index >= 15 is 0 Å². The number of fused-ring (bicyclic) bond motifs is 1. The third kappa shape index (κ3) is 2.92. The smallest absolute Gasteiger partial charge is 0.416 e. The third-order valence-corrected chi connectivity index (χ3v) is 5.20. The zero-order valence-corrected chi connectivity index (χ0v) is 15.5. The molecule has 30 heavy (non-hydrogen) atoms. The summed E-state index contributed by atoms with van der Waals surface area (Å²) in [6, 6.07) is 9.03. The second-order valence-corrected chi connectivity index (χ2v) is 7.06. The van der Waals surface area contributed by atoms with Gasteiger partial charge in [-0.05, 0) is 24.6 Å². The Morgan fingerprint density at radius 2 is 1.73 bits per heavy atom. The van der Waals surface area contributed by atoms with Crippen LogP contribution in [0.3, 0.4) is 0 Å². The minimum atomic E-state index is -4.78. The van der Waals surface area contributed by atoms with Crippen LogP contribution in [-0.4, -0.2) is 22.6 Å². The number of nitrogens with one attached hydrogen (secondary N) is 1. The van der Waals surface area contributed by atoms with E-state index in [-0.39, 0.29) is 22.4 Å². The van der Waals surface area contributed by atoms with Crippen molar-refractivity contribution in [3.05, 3.63) is 93.3 Å². The van der Waals surface area contributed by atoms with Gasteiger partial charge in [0.15, 0.2) is 5.78 Å². The number of carboxylic acids is 1. The number of carboxylic acid groups (broad SMARTS) is 1. The van der Waals surface area contributed by atoms with Crippen LogP contribution in [0.15, 0.2) is 65.5 Å². The van der Waals surface area contributed by atoms with Crippen molar-refractivity contribution in [3.8, 4) is 0 Å². The molecule has 4 rings (SSSR count). The van der Waals surface area contributed by atoms with E-state index in [2.05, 4.69) is 5.32 Å². The molecule has 0 saturated heterocycles. The van der Waals surface area contributed by atoms with Crippen LogP contribution in [0, 0.1) is 6.92 Å². The molecule has 2 aromatic carbocycles. The van der Waals surface area contributed by atoms with Crippen molar-refractivity contribution >= 4 is 17.5 Å². The Morgan fingerprint density at radius 3 is 2.40 bits per heavy atom. The van der Waals surface area contributed by atoms with E-state index in [0.29, 0.717) is 0 Å². The lowest BCUT2D eigenvalue weighted by molar-refractivity contribution is -0.139. The lowest BCUT2D eigenvalue weighted by Crippen LogP contribution is -2.36. The third-order valence-electron chi connectivity index (χ3n) is 5.20. The Balaban J connectivity index is 2.00. The molecular weight excluding hydrogens is 399 g/mol. The quantitative estimate of drug-likeness (QED) is 0.778. The van der Waals surface area contributed by atoms with Crippen LogP contribution in [0.4, 0.5) is 13.2 Å². The van der Waals surface area contributed by atoms with Crippen molar-refractivity contribution in [2.24, 2.45) is 0 Å². The second-order valence-electron chi connectivity index (χ2n) is 7.06. The highest BCUT2D eigenvalue weighted by Gasteiger charge is 2.45. The number of dihydropyridines is 1. The van der Waals surface area contributed by atoms with Crippen molar-refractivity contribution in [2.75, 3.05) is 0 Å². The molecule has 2 N–H and O–H groups in total. The lowest BCUT2D eigenvalue weighted by atomic mass is 9.73. The number of Topliss-reactive ketones (excluding diaryl/α,β-unsaturated/α-hetero) is 2. The Bertz CT molecular complexity index is 1190. The van der Waals surface area contributed by atoms with Crippen molar-refractivity contribution < 1.29 is 32.7 Å². The molecule has 1 aliphatic heterocycles. The van der Waals surface area contributed by atoms with Gasteiger partial charge >= 0.3 is 12.1 Å². The van der Waals surface area contributed by atoms with E-state index in [1.54, 1.807) is 13.0 Å². The molecule has 2 aromatic rings. The van der Waals surface area contributed by atoms with E-state index in [4.69, 9.17) is 0 Å². The van der Waals surface area contributed by atoms with E-state index in [9.17, 15) is 32.7 Å². The van der Waals surface area contributed by atoms with Crippen molar-refractivity contribution in [1.82, 2.24) is 5.32 Å². The van der Waals surface area contributed by atoms with Gasteiger partial charge in [-0.1, -0.05) is 35.9 Å². The van der Waals surface area contributed by atoms with Crippen LogP contribution in [0.2, 0.25) is 0 Å². The fourth-order valence-corrected chi connectivity index (χ4v) is 3.88. The van der Waals surface area contributed by atoms with Crippen molar-refractivity contribution in [2.45, 2.75) is 19.0 Å². The van der Waals surface area contributed by atoms with Gasteiger partial charge in [0.2, 0.25) is 5.78 Å². The Hall–Kier alpha value is -3.68. The van der Waals surface area contributed by atoms with Gasteiger partial charge in [-0.3, -0.25) is 9.59 Å². The second kappa shape index (κ2) is 6.69. The zero-order chi connectivity index (χ0) is 21.8. The van der Waals surface area contributed by atoms with Crippen molar-refractivity contribution in [1.29, 1.82) is 0 Å². The maximum absolute atomic E-state index is 13.7. The topological polar surface area (TPSA) is 83.5 Å². The van der Waals surface area contributed by atoms with Gasteiger partial charge in [0.25, 0.3) is 0 Å². The average molecular weight is 413 g/mol. The van der Waals surface area contributed by atoms with Gasteiger partial charge in [0, 0.05) is 28.8 Å². The summed E-state index contributed by atoms with van der Waals surface area (Å²) in [6.45, 7) is 1.74. The molecule has 0 bridgehead atoms. The summed E-state index contributed by atoms with van der Waals surface area (Å²) < 4.78 is 41.0. The molecule has 0 aromatic heterocycles. The largest absolute Gasteiger partial charge is 0.478 e. The molecule has 0 amide bonds. The number of allylic oxidation sites excluding steroid dienone is 2. The summed E-state index contributed by atoms with van der Waals surface area (Å²) in [7, 11) is 0. The van der Waals surface area contributed by atoms with E-state index in [1.165, 1.54) is 24.3 Å². The number of aryl methyl sites for hydroxylation is 1. The van der Waals surface area contributed by atoms with Crippen LogP contribution in [-0.2, 0) is 11.0 Å². The minimum absolute atomic E-state index is 0.0345. The molecule has 2 aliphatic rings. The average Bonchev–Trinajstić information content (AvgIpc) is 2.70. The molecule has 0 saturated carbocycles. The summed E-state index contributed by atoms with van der Waals surface area (Å²) in [4.78, 5) is 38.1. The van der Waals surface area contributed by atoms with E-state index in [0.717, 1.165) is 23.9 Å². The van der Waals surface area contributed by atoms with Gasteiger partial charge in [-0.2, -0.15) is 13.2 Å². The summed E-state index contributed by atoms with van der Waals surface area (Å²) in [5.41, 5.74) is -1.53. The molecule has 8 heteroatoms. The number of carbonyl (C=O) groups excluding carboxylic acids is 2. The lowest BCUT2D eigenvalue weighted by Gasteiger charge is -2.32. The number of rotatable bonds is 2. The first kappa shape index (κ1) is 19.6. The SMILES string of the molecule is Cc1ccc2c(c1)C(=O)C1=C(C2=O)C(c2ccccc2C(F)(F)F)C(C(=O)O)=CN1. The van der Waals surface area contributed by atoms with Crippen molar-refractivity contribution in [3.63, 3.8) is 0 Å². The van der Waals surface area contributed by atoms with E-state index in [1.807, 2.05) is 0 Å². The van der Waals surface area contributed by atoms with E-state index < -0.39 is 46.3 Å². The highest BCUT2D eigenvalue weighted by atomic mass is 19.4. The highest BCUT2D eigenvalue weighted by Crippen LogP contribution is 2.45. The maximum atomic E-state index is 13.7. The molecule has 0 fully saturated rings. The highest BCUT2D eigenvalue weighted by molar-refractivity contribution is 6.28. The number of ketones is 2. The number of halogens is 3. The Kier molecular flexibility index (Phi) is 4.38. The fourth-order valence-electron chi connectivity index (χ4n) is 3.88. The summed E-state index contributed by atoms with van der Waals surface area (Å²) in [5.74, 6) is -4.30. The summed E-state index contributed by atoms with van der Waals surface area (Å²) in [6.07, 6.45) is -3.80. The van der Waals surface area contributed by atoms with Crippen LogP contribution >= 0.6 is 0 Å². The first-order chi connectivity index (χ1) is 14.1. The van der Waals surface area contributed by atoms with Gasteiger partial charge in [-0.25, -0.2) is 4.79 Å². The molecule has 152 valence electrons. The first-order valence-electron chi connectivity index (χ1n) is 8.91. The summed E-state index contributed by atoms with van der Waals surface area (Å²) in [5, 5.41) is 12.2. The molecule has 5 nitrogen and oxygen atoms in total. The van der Waals surface area contributed by atoms with Gasteiger partial charge < -0.3 is 10.4 Å². The van der Waals surface area contributed by atoms with Crippen LogP contribution in [0.25, 0.3) is 0 Å². The fraction of sp³-hybridized carbons (Fsp3) is 0.136. The number of aliphatic carboxylic acids is 1. The molecule has 0 spiro atoms. The standard InChI is InChI=1S/C22H14F3NO4/c1-10-6-7-11-13(8-10)20(28)18-17(19(11)27)16(14(9-26-18)21(29)30)12-4-2-3-5-15(12)22(23,24)25/h2-9,16,26H,1H3,(H,29,30). The molecular formula is C22H14F3NO4. The molecule has 0 radical (unpaired) electrons. The Labute approximate surface area is 168 Å². The molecule has 1 atom stereocenters. The predicted molar refractivity (Wildman–Crippen MR) is 99.9 cm³/mol. The van der Waals surface area contributed by atoms with Crippen LogP contribution in [0.5, 0.6) is 0 Å². The first-order valence-corrected chi connectivity index (χ1v) is 8.91. The maximum Gasteiger partial charge on any atom is 0.416 e. The van der Waals surface area contributed by atoms with Crippen LogP contribution < -0.4 is 5.32 Å². The number of carbonyl (C=O) groups is 3. The molecule has 1 aliphatic carbocycles. The number of benzene rings is 2. The van der Waals surface area contributed by atoms with Crippen LogP contribution in [0.1, 0.15) is 43.3 Å². The summed E-state index contributed by atoms with van der Waals surface area (Å²) >= 11 is 0. The Morgan fingerprint density at radius 1 is 1.03 bits per heavy atom. The van der Waals surface area contributed by atoms with Gasteiger partial charge in [0.05, 0.1) is 16.8 Å². The normalized spacial score (nSPS) is 18.4. The molecule has 1 unspecified atom stereocenters. The predicted octanol–water partition coefficient (Wildman–Crippen LogP) is 4.00. The van der Waals surface area contributed by atoms with Gasteiger partial charge in [0.1, 0.15) is 0 Å².